The summed E-state index contributed by atoms with van der Waals surface area (Å²) in [5, 5.41) is 22.7. The average molecular weight is 429 g/mol. The number of rotatable bonds is 8. The fraction of sp³-hybridized carbons (Fsp3) is 0.250. The van der Waals surface area contributed by atoms with Gasteiger partial charge in [-0.25, -0.2) is 4.39 Å². The van der Waals surface area contributed by atoms with Crippen LogP contribution in [0, 0.1) is 21.8 Å². The zero-order valence-electron chi connectivity index (χ0n) is 16.4. The second kappa shape index (κ2) is 9.49. The topological polar surface area (TPSA) is 103 Å². The molecule has 8 nitrogen and oxygen atoms in total. The first kappa shape index (κ1) is 21.4. The van der Waals surface area contributed by atoms with Crippen molar-refractivity contribution in [3.63, 3.8) is 0 Å². The number of amides is 1. The van der Waals surface area contributed by atoms with Crippen LogP contribution in [0.1, 0.15) is 25.2 Å². The highest BCUT2D eigenvalue weighted by Crippen LogP contribution is 2.26. The van der Waals surface area contributed by atoms with Gasteiger partial charge in [-0.2, -0.15) is 0 Å². The highest BCUT2D eigenvalue weighted by molar-refractivity contribution is 7.98. The third-order valence-corrected chi connectivity index (χ3v) is 5.25. The number of non-ortho nitro benzene ring substituents is 1. The molecule has 1 amide bonds. The van der Waals surface area contributed by atoms with Crippen molar-refractivity contribution >= 4 is 23.4 Å². The smallest absolute Gasteiger partial charge is 0.269 e. The Kier molecular flexibility index (Phi) is 6.78. The Balaban J connectivity index is 1.88. The first-order valence-electron chi connectivity index (χ1n) is 9.19. The summed E-state index contributed by atoms with van der Waals surface area (Å²) in [5.41, 5.74) is 1.53. The summed E-state index contributed by atoms with van der Waals surface area (Å²) in [7, 11) is 0. The molecule has 30 heavy (non-hydrogen) atoms. The van der Waals surface area contributed by atoms with E-state index in [9.17, 15) is 19.3 Å². The van der Waals surface area contributed by atoms with E-state index in [-0.39, 0.29) is 29.9 Å². The quantitative estimate of drug-likeness (QED) is 0.331. The zero-order chi connectivity index (χ0) is 21.7. The van der Waals surface area contributed by atoms with Crippen LogP contribution in [0.4, 0.5) is 10.1 Å². The number of nitro groups is 1. The molecular formula is C20H20FN5O3S. The molecular weight excluding hydrogens is 409 g/mol. The van der Waals surface area contributed by atoms with Gasteiger partial charge in [0.15, 0.2) is 11.0 Å². The molecule has 3 aromatic rings. The first-order valence-corrected chi connectivity index (χ1v) is 10.2. The van der Waals surface area contributed by atoms with E-state index in [2.05, 4.69) is 15.5 Å². The van der Waals surface area contributed by atoms with Crippen LogP contribution < -0.4 is 5.32 Å². The largest absolute Gasteiger partial charge is 0.349 e. The van der Waals surface area contributed by atoms with Crippen LogP contribution in [-0.2, 0) is 17.1 Å². The molecule has 0 bridgehead atoms. The van der Waals surface area contributed by atoms with Gasteiger partial charge in [0.1, 0.15) is 5.82 Å². The van der Waals surface area contributed by atoms with Crippen LogP contribution in [0.2, 0.25) is 0 Å². The summed E-state index contributed by atoms with van der Waals surface area (Å²) >= 11 is 1.39. The van der Waals surface area contributed by atoms with Gasteiger partial charge in [0.05, 0.1) is 11.5 Å². The molecule has 156 valence electrons. The minimum absolute atomic E-state index is 0.0259. The van der Waals surface area contributed by atoms with Crippen molar-refractivity contribution in [2.24, 2.45) is 5.92 Å². The molecule has 0 radical (unpaired) electrons. The highest BCUT2D eigenvalue weighted by atomic mass is 32.2. The lowest BCUT2D eigenvalue weighted by Crippen LogP contribution is -2.28. The van der Waals surface area contributed by atoms with Gasteiger partial charge in [-0.1, -0.05) is 37.7 Å². The van der Waals surface area contributed by atoms with Crippen molar-refractivity contribution in [1.82, 2.24) is 20.1 Å². The van der Waals surface area contributed by atoms with E-state index in [1.807, 2.05) is 0 Å². The van der Waals surface area contributed by atoms with Crippen molar-refractivity contribution < 1.29 is 14.1 Å². The summed E-state index contributed by atoms with van der Waals surface area (Å²) in [5.74, 6) is 0.436. The first-order chi connectivity index (χ1) is 14.3. The lowest BCUT2D eigenvalue weighted by atomic mass is 10.2. The lowest BCUT2D eigenvalue weighted by molar-refractivity contribution is -0.384. The molecule has 0 aliphatic carbocycles. The van der Waals surface area contributed by atoms with E-state index < -0.39 is 4.92 Å². The van der Waals surface area contributed by atoms with Crippen molar-refractivity contribution in [3.8, 4) is 5.69 Å². The van der Waals surface area contributed by atoms with Gasteiger partial charge in [-0.3, -0.25) is 19.5 Å². The number of thioether (sulfide) groups is 1. The summed E-state index contributed by atoms with van der Waals surface area (Å²) < 4.78 is 14.9. The second-order valence-electron chi connectivity index (χ2n) is 6.80. The standard InChI is InChI=1S/C20H20FN5O3S/c1-13(2)19(27)22-11-18-23-24-20(30-12-14-3-5-15(21)6-4-14)25(18)16-7-9-17(10-8-16)26(28)29/h3-10,13H,11-12H2,1-2H3,(H,22,27). The number of benzene rings is 2. The van der Waals surface area contributed by atoms with Crippen LogP contribution in [0.25, 0.3) is 5.69 Å². The molecule has 1 heterocycles. The van der Waals surface area contributed by atoms with Gasteiger partial charge in [0.2, 0.25) is 5.91 Å². The monoisotopic (exact) mass is 429 g/mol. The maximum atomic E-state index is 13.1. The summed E-state index contributed by atoms with van der Waals surface area (Å²) in [4.78, 5) is 22.4. The Morgan fingerprint density at radius 1 is 1.17 bits per heavy atom. The van der Waals surface area contributed by atoms with Gasteiger partial charge >= 0.3 is 0 Å². The normalized spacial score (nSPS) is 10.9. The number of halogens is 1. The molecule has 0 aliphatic heterocycles. The van der Waals surface area contributed by atoms with E-state index in [0.717, 1.165) is 5.56 Å². The van der Waals surface area contributed by atoms with Crippen LogP contribution in [0.15, 0.2) is 53.7 Å². The van der Waals surface area contributed by atoms with Crippen LogP contribution in [0.3, 0.4) is 0 Å². The van der Waals surface area contributed by atoms with Crippen molar-refractivity contribution in [2.75, 3.05) is 0 Å². The van der Waals surface area contributed by atoms with E-state index in [1.165, 1.54) is 36.0 Å². The number of carbonyl (C=O) groups excluding carboxylic acids is 1. The van der Waals surface area contributed by atoms with Gasteiger partial charge in [-0.05, 0) is 29.8 Å². The van der Waals surface area contributed by atoms with E-state index in [4.69, 9.17) is 0 Å². The van der Waals surface area contributed by atoms with Gasteiger partial charge < -0.3 is 5.32 Å². The minimum atomic E-state index is -0.468. The number of aromatic nitrogens is 3. The summed E-state index contributed by atoms with van der Waals surface area (Å²) in [6, 6.07) is 12.2. The molecule has 0 aliphatic rings. The van der Waals surface area contributed by atoms with Crippen molar-refractivity contribution in [3.05, 3.63) is 75.9 Å². The molecule has 0 saturated heterocycles. The number of nitrogens with zero attached hydrogens (tertiary/aromatic N) is 4. The maximum Gasteiger partial charge on any atom is 0.269 e. The Labute approximate surface area is 176 Å². The molecule has 1 N–H and O–H groups in total. The molecule has 0 spiro atoms. The number of hydrogen-bond acceptors (Lipinski definition) is 6. The van der Waals surface area contributed by atoms with Crippen LogP contribution in [0.5, 0.6) is 0 Å². The van der Waals surface area contributed by atoms with Crippen molar-refractivity contribution in [1.29, 1.82) is 0 Å². The Bertz CT molecular complexity index is 1040. The fourth-order valence-electron chi connectivity index (χ4n) is 2.59. The third kappa shape index (κ3) is 5.20. The molecule has 2 aromatic carbocycles. The summed E-state index contributed by atoms with van der Waals surface area (Å²) in [6.07, 6.45) is 0. The molecule has 0 fully saturated rings. The second-order valence-corrected chi connectivity index (χ2v) is 7.74. The van der Waals surface area contributed by atoms with Gasteiger partial charge in [-0.15, -0.1) is 10.2 Å². The number of carbonyl (C=O) groups is 1. The van der Waals surface area contributed by atoms with Crippen molar-refractivity contribution in [2.45, 2.75) is 31.3 Å². The predicted octanol–water partition coefficient (Wildman–Crippen LogP) is 3.88. The molecule has 0 atom stereocenters. The Morgan fingerprint density at radius 2 is 1.83 bits per heavy atom. The Morgan fingerprint density at radius 3 is 2.43 bits per heavy atom. The SMILES string of the molecule is CC(C)C(=O)NCc1nnc(SCc2ccc(F)cc2)n1-c1ccc([N+](=O)[O-])cc1. The van der Waals surface area contributed by atoms with E-state index in [0.29, 0.717) is 22.4 Å². The molecule has 3 rings (SSSR count). The minimum Gasteiger partial charge on any atom is -0.349 e. The number of nitro benzene ring substituents is 1. The molecule has 1 aromatic heterocycles. The lowest BCUT2D eigenvalue weighted by Gasteiger charge is -2.12. The predicted molar refractivity (Wildman–Crippen MR) is 111 cm³/mol. The van der Waals surface area contributed by atoms with E-state index >= 15 is 0 Å². The molecule has 0 unspecified atom stereocenters. The van der Waals surface area contributed by atoms with Crippen LogP contribution >= 0.6 is 11.8 Å². The average Bonchev–Trinajstić information content (AvgIpc) is 3.14. The number of nitrogens with one attached hydrogen (secondary N) is 1. The highest BCUT2D eigenvalue weighted by Gasteiger charge is 2.17. The fourth-order valence-corrected chi connectivity index (χ4v) is 3.52. The Hall–Kier alpha value is -3.27. The summed E-state index contributed by atoms with van der Waals surface area (Å²) in [6.45, 7) is 3.75. The van der Waals surface area contributed by atoms with Gasteiger partial charge in [0, 0.05) is 29.5 Å². The molecule has 10 heteroatoms. The van der Waals surface area contributed by atoms with Gasteiger partial charge in [0.25, 0.3) is 5.69 Å². The number of hydrogen-bond donors (Lipinski definition) is 1. The third-order valence-electron chi connectivity index (χ3n) is 4.25. The zero-order valence-corrected chi connectivity index (χ0v) is 17.2. The molecule has 0 saturated carbocycles. The van der Waals surface area contributed by atoms with Crippen LogP contribution in [-0.4, -0.2) is 25.6 Å². The maximum absolute atomic E-state index is 13.1. The van der Waals surface area contributed by atoms with E-state index in [1.54, 1.807) is 42.7 Å².